The minimum atomic E-state index is -0.445. The summed E-state index contributed by atoms with van der Waals surface area (Å²) in [6, 6.07) is 12.9. The maximum atomic E-state index is 12.5. The lowest BCUT2D eigenvalue weighted by atomic mass is 10.2. The zero-order valence-electron chi connectivity index (χ0n) is 14.0. The Bertz CT molecular complexity index is 946. The Morgan fingerprint density at radius 2 is 2.00 bits per heavy atom. The zero-order valence-corrected chi connectivity index (χ0v) is 16.3. The van der Waals surface area contributed by atoms with Gasteiger partial charge >= 0.3 is 0 Å². The van der Waals surface area contributed by atoms with Gasteiger partial charge in [0.25, 0.3) is 0 Å². The summed E-state index contributed by atoms with van der Waals surface area (Å²) in [7, 11) is 0. The maximum absolute atomic E-state index is 12.5. The summed E-state index contributed by atoms with van der Waals surface area (Å²) in [6.07, 6.45) is 0. The second-order valence-corrected chi connectivity index (χ2v) is 7.66. The molecule has 1 aromatic heterocycles. The Hall–Kier alpha value is -2.09. The number of carbonyl (C=O) groups is 1. The predicted molar refractivity (Wildman–Crippen MR) is 104 cm³/mol. The minimum absolute atomic E-state index is 0.224. The van der Waals surface area contributed by atoms with Gasteiger partial charge in [0.05, 0.1) is 26.7 Å². The van der Waals surface area contributed by atoms with Gasteiger partial charge < -0.3 is 5.32 Å². The molecule has 0 radical (unpaired) electrons. The van der Waals surface area contributed by atoms with E-state index >= 15 is 0 Å². The van der Waals surface area contributed by atoms with Gasteiger partial charge in [-0.3, -0.25) is 4.79 Å². The molecule has 3 aromatic rings. The number of amides is 1. The normalized spacial score (nSPS) is 12.0. The smallest absolute Gasteiger partial charge is 0.237 e. The SMILES string of the molecule is Cc1cccc(-n2nnnc2S[C@@H](C)C(=O)Nc2cccc(Cl)c2Cl)c1. The van der Waals surface area contributed by atoms with Crippen molar-refractivity contribution >= 4 is 46.6 Å². The van der Waals surface area contributed by atoms with Crippen molar-refractivity contribution < 1.29 is 4.79 Å². The molecule has 0 aliphatic rings. The van der Waals surface area contributed by atoms with Crippen LogP contribution in [-0.2, 0) is 4.79 Å². The summed E-state index contributed by atoms with van der Waals surface area (Å²) in [5.41, 5.74) is 2.40. The molecule has 1 amide bonds. The largest absolute Gasteiger partial charge is 0.324 e. The van der Waals surface area contributed by atoms with E-state index in [2.05, 4.69) is 20.8 Å². The van der Waals surface area contributed by atoms with Crippen LogP contribution in [0.15, 0.2) is 47.6 Å². The van der Waals surface area contributed by atoms with Crippen molar-refractivity contribution in [2.45, 2.75) is 24.3 Å². The van der Waals surface area contributed by atoms with E-state index in [0.29, 0.717) is 20.9 Å². The molecule has 0 fully saturated rings. The van der Waals surface area contributed by atoms with Crippen molar-refractivity contribution in [3.8, 4) is 5.69 Å². The number of thioether (sulfide) groups is 1. The predicted octanol–water partition coefficient (Wildman–Crippen LogP) is 4.40. The number of tetrazole rings is 1. The van der Waals surface area contributed by atoms with E-state index < -0.39 is 5.25 Å². The molecule has 0 aliphatic heterocycles. The van der Waals surface area contributed by atoms with E-state index in [1.54, 1.807) is 29.8 Å². The van der Waals surface area contributed by atoms with Crippen molar-refractivity contribution in [3.05, 3.63) is 58.1 Å². The molecule has 0 saturated heterocycles. The van der Waals surface area contributed by atoms with Gasteiger partial charge in [0.1, 0.15) is 0 Å². The van der Waals surface area contributed by atoms with E-state index in [-0.39, 0.29) is 5.91 Å². The number of aromatic nitrogens is 4. The van der Waals surface area contributed by atoms with Gasteiger partial charge in [-0.05, 0) is 54.1 Å². The molecule has 2 aromatic carbocycles. The Balaban J connectivity index is 1.74. The Labute approximate surface area is 164 Å². The van der Waals surface area contributed by atoms with E-state index in [0.717, 1.165) is 11.3 Å². The molecule has 0 unspecified atom stereocenters. The fourth-order valence-electron chi connectivity index (χ4n) is 2.22. The molecule has 1 atom stereocenters. The molecule has 9 heteroatoms. The third-order valence-electron chi connectivity index (χ3n) is 3.55. The van der Waals surface area contributed by atoms with Crippen LogP contribution in [0.25, 0.3) is 5.69 Å². The van der Waals surface area contributed by atoms with Crippen LogP contribution in [0, 0.1) is 6.92 Å². The lowest BCUT2D eigenvalue weighted by molar-refractivity contribution is -0.115. The highest BCUT2D eigenvalue weighted by molar-refractivity contribution is 8.00. The highest BCUT2D eigenvalue weighted by Crippen LogP contribution is 2.30. The van der Waals surface area contributed by atoms with Crippen LogP contribution in [0.5, 0.6) is 0 Å². The van der Waals surface area contributed by atoms with E-state index in [9.17, 15) is 4.79 Å². The topological polar surface area (TPSA) is 72.7 Å². The second-order valence-electron chi connectivity index (χ2n) is 5.56. The van der Waals surface area contributed by atoms with Crippen LogP contribution in [0.2, 0.25) is 10.0 Å². The van der Waals surface area contributed by atoms with Crippen molar-refractivity contribution in [2.24, 2.45) is 0 Å². The van der Waals surface area contributed by atoms with Crippen molar-refractivity contribution in [1.82, 2.24) is 20.2 Å². The van der Waals surface area contributed by atoms with Crippen molar-refractivity contribution in [1.29, 1.82) is 0 Å². The number of nitrogens with one attached hydrogen (secondary N) is 1. The van der Waals surface area contributed by atoms with E-state index in [1.807, 2.05) is 31.2 Å². The van der Waals surface area contributed by atoms with Gasteiger partial charge in [-0.2, -0.15) is 4.68 Å². The Morgan fingerprint density at radius 3 is 2.77 bits per heavy atom. The second kappa shape index (κ2) is 8.07. The average molecular weight is 408 g/mol. The van der Waals surface area contributed by atoms with Crippen LogP contribution >= 0.6 is 35.0 Å². The Kier molecular flexibility index (Phi) is 5.80. The van der Waals surface area contributed by atoms with Crippen LogP contribution in [0.1, 0.15) is 12.5 Å². The first-order valence-electron chi connectivity index (χ1n) is 7.72. The fourth-order valence-corrected chi connectivity index (χ4v) is 3.38. The molecule has 1 heterocycles. The summed E-state index contributed by atoms with van der Waals surface area (Å²) in [4.78, 5) is 12.5. The molecular weight excluding hydrogens is 393 g/mol. The third-order valence-corrected chi connectivity index (χ3v) is 5.40. The standard InChI is InChI=1S/C17H15Cl2N5OS/c1-10-5-3-6-12(9-10)24-17(21-22-23-24)26-11(2)16(25)20-14-8-4-7-13(18)15(14)19/h3-9,11H,1-2H3,(H,20,25)/t11-/m0/s1. The molecule has 0 spiro atoms. The number of nitrogens with zero attached hydrogens (tertiary/aromatic N) is 4. The number of benzene rings is 2. The van der Waals surface area contributed by atoms with Crippen LogP contribution in [0.3, 0.4) is 0 Å². The Morgan fingerprint density at radius 1 is 1.23 bits per heavy atom. The number of aryl methyl sites for hydroxylation is 1. The van der Waals surface area contributed by atoms with Crippen molar-refractivity contribution in [3.63, 3.8) is 0 Å². The highest BCUT2D eigenvalue weighted by atomic mass is 35.5. The summed E-state index contributed by atoms with van der Waals surface area (Å²) in [6.45, 7) is 3.76. The fraction of sp³-hybridized carbons (Fsp3) is 0.176. The van der Waals surface area contributed by atoms with Crippen LogP contribution in [0.4, 0.5) is 5.69 Å². The van der Waals surface area contributed by atoms with Gasteiger partial charge in [-0.1, -0.05) is 53.2 Å². The van der Waals surface area contributed by atoms with Gasteiger partial charge in [0, 0.05) is 0 Å². The van der Waals surface area contributed by atoms with Gasteiger partial charge in [-0.15, -0.1) is 5.10 Å². The molecule has 1 N–H and O–H groups in total. The number of hydrogen-bond donors (Lipinski definition) is 1. The summed E-state index contributed by atoms with van der Waals surface area (Å²) < 4.78 is 1.60. The monoisotopic (exact) mass is 407 g/mol. The van der Waals surface area contributed by atoms with E-state index in [1.165, 1.54) is 11.8 Å². The molecular formula is C17H15Cl2N5OS. The lowest BCUT2D eigenvalue weighted by Crippen LogP contribution is -2.23. The first kappa shape index (κ1) is 18.7. The number of carbonyl (C=O) groups excluding carboxylic acids is 1. The minimum Gasteiger partial charge on any atom is -0.324 e. The number of anilines is 1. The molecule has 0 aliphatic carbocycles. The van der Waals surface area contributed by atoms with Crippen LogP contribution in [-0.4, -0.2) is 31.4 Å². The maximum Gasteiger partial charge on any atom is 0.237 e. The molecule has 0 saturated carbocycles. The quantitative estimate of drug-likeness (QED) is 0.634. The van der Waals surface area contributed by atoms with Gasteiger partial charge in [0.2, 0.25) is 11.1 Å². The molecule has 134 valence electrons. The first-order valence-corrected chi connectivity index (χ1v) is 9.36. The number of rotatable bonds is 5. The lowest BCUT2D eigenvalue weighted by Gasteiger charge is -2.13. The van der Waals surface area contributed by atoms with E-state index in [4.69, 9.17) is 23.2 Å². The average Bonchev–Trinajstić information content (AvgIpc) is 3.07. The van der Waals surface area contributed by atoms with Crippen LogP contribution < -0.4 is 5.32 Å². The van der Waals surface area contributed by atoms with Crippen molar-refractivity contribution in [2.75, 3.05) is 5.32 Å². The first-order chi connectivity index (χ1) is 12.5. The number of halogens is 2. The zero-order chi connectivity index (χ0) is 18.7. The van der Waals surface area contributed by atoms with Gasteiger partial charge in [0.15, 0.2) is 0 Å². The molecule has 3 rings (SSSR count). The number of hydrogen-bond acceptors (Lipinski definition) is 5. The highest BCUT2D eigenvalue weighted by Gasteiger charge is 2.20. The molecule has 6 nitrogen and oxygen atoms in total. The third kappa shape index (κ3) is 4.17. The summed E-state index contributed by atoms with van der Waals surface area (Å²) in [5, 5.41) is 15.3. The molecule has 0 bridgehead atoms. The summed E-state index contributed by atoms with van der Waals surface area (Å²) in [5.74, 6) is -0.224. The van der Waals surface area contributed by atoms with Gasteiger partial charge in [-0.25, -0.2) is 0 Å². The summed E-state index contributed by atoms with van der Waals surface area (Å²) >= 11 is 13.3. The molecule has 26 heavy (non-hydrogen) atoms.